The molecule has 1 heterocycles. The number of anilines is 2. The maximum Gasteiger partial charge on any atom is 0.316 e. The van der Waals surface area contributed by atoms with E-state index in [0.717, 1.165) is 22.6 Å². The second-order valence-corrected chi connectivity index (χ2v) is 7.99. The predicted octanol–water partition coefficient (Wildman–Crippen LogP) is 4.58. The van der Waals surface area contributed by atoms with Crippen molar-refractivity contribution in [3.8, 4) is 5.75 Å². The molecular weight excluding hydrogens is 404 g/mol. The highest BCUT2D eigenvalue weighted by Gasteiger charge is 2.44. The number of halogens is 1. The summed E-state index contributed by atoms with van der Waals surface area (Å²) in [7, 11) is 2.87. The highest BCUT2D eigenvalue weighted by Crippen LogP contribution is 2.44. The molecule has 6 nitrogen and oxygen atoms in total. The summed E-state index contributed by atoms with van der Waals surface area (Å²) < 4.78 is 10.2. The fourth-order valence-electron chi connectivity index (χ4n) is 4.25. The number of benzene rings is 2. The lowest BCUT2D eigenvalue weighted by atomic mass is 9.75. The van der Waals surface area contributed by atoms with Gasteiger partial charge in [0.1, 0.15) is 11.7 Å². The molecule has 7 heteroatoms. The highest BCUT2D eigenvalue weighted by molar-refractivity contribution is 6.32. The van der Waals surface area contributed by atoms with Gasteiger partial charge in [0.2, 0.25) is 0 Å². The summed E-state index contributed by atoms with van der Waals surface area (Å²) in [4.78, 5) is 26.0. The first kappa shape index (κ1) is 20.3. The number of hydrogen-bond acceptors (Lipinski definition) is 6. The van der Waals surface area contributed by atoms with Crippen molar-refractivity contribution in [1.29, 1.82) is 0 Å². The number of fused-ring (bicyclic) bond motifs is 1. The Morgan fingerprint density at radius 2 is 1.87 bits per heavy atom. The van der Waals surface area contributed by atoms with Gasteiger partial charge >= 0.3 is 5.97 Å². The Labute approximate surface area is 180 Å². The molecule has 156 valence electrons. The monoisotopic (exact) mass is 426 g/mol. The second kappa shape index (κ2) is 8.03. The number of hydrogen-bond donors (Lipinski definition) is 2. The van der Waals surface area contributed by atoms with E-state index < -0.39 is 17.9 Å². The Morgan fingerprint density at radius 3 is 2.53 bits per heavy atom. The number of ether oxygens (including phenoxy) is 2. The van der Waals surface area contributed by atoms with Gasteiger partial charge < -0.3 is 20.1 Å². The molecule has 0 unspecified atom stereocenters. The number of Topliss-reactive ketones (excluding diaryl/α,β-unsaturated/α-hetero) is 1. The summed E-state index contributed by atoms with van der Waals surface area (Å²) in [5, 5.41) is 7.34. The van der Waals surface area contributed by atoms with Crippen molar-refractivity contribution < 1.29 is 19.1 Å². The number of methoxy groups -OCH3 is 2. The fraction of sp³-hybridized carbons (Fsp3) is 0.304. The van der Waals surface area contributed by atoms with Crippen LogP contribution < -0.4 is 15.4 Å². The van der Waals surface area contributed by atoms with Gasteiger partial charge in [0.25, 0.3) is 0 Å². The molecule has 0 saturated carbocycles. The second-order valence-electron chi connectivity index (χ2n) is 7.58. The van der Waals surface area contributed by atoms with Crippen LogP contribution in [0.3, 0.4) is 0 Å². The van der Waals surface area contributed by atoms with Crippen molar-refractivity contribution in [2.45, 2.75) is 19.4 Å². The van der Waals surface area contributed by atoms with E-state index >= 15 is 0 Å². The van der Waals surface area contributed by atoms with Crippen LogP contribution in [0.1, 0.15) is 24.9 Å². The molecule has 0 amide bonds. The highest BCUT2D eigenvalue weighted by atomic mass is 35.5. The van der Waals surface area contributed by atoms with Crippen LogP contribution in [-0.4, -0.2) is 26.0 Å². The number of ketones is 1. The molecule has 2 N–H and O–H groups in total. The zero-order valence-corrected chi connectivity index (χ0v) is 17.7. The van der Waals surface area contributed by atoms with E-state index in [1.165, 1.54) is 7.11 Å². The summed E-state index contributed by atoms with van der Waals surface area (Å²) in [6.07, 6.45) is 0.553. The summed E-state index contributed by atoms with van der Waals surface area (Å²) in [6, 6.07) is 12.7. The van der Waals surface area contributed by atoms with Gasteiger partial charge in [0.15, 0.2) is 5.78 Å². The number of nitrogens with one attached hydrogen (secondary N) is 2. The largest absolute Gasteiger partial charge is 0.495 e. The van der Waals surface area contributed by atoms with Crippen LogP contribution in [0.25, 0.3) is 0 Å². The van der Waals surface area contributed by atoms with Crippen LogP contribution in [0.5, 0.6) is 5.75 Å². The average molecular weight is 427 g/mol. The van der Waals surface area contributed by atoms with Crippen molar-refractivity contribution >= 4 is 34.7 Å². The maximum absolute atomic E-state index is 13.6. The van der Waals surface area contributed by atoms with Crippen molar-refractivity contribution in [2.24, 2.45) is 11.8 Å². The van der Waals surface area contributed by atoms with Crippen LogP contribution in [0.15, 0.2) is 53.7 Å². The van der Waals surface area contributed by atoms with E-state index in [1.807, 2.05) is 37.3 Å². The van der Waals surface area contributed by atoms with Crippen molar-refractivity contribution in [3.63, 3.8) is 0 Å². The summed E-state index contributed by atoms with van der Waals surface area (Å²) >= 11 is 6.38. The molecule has 2 aromatic rings. The van der Waals surface area contributed by atoms with Gasteiger partial charge in [-0.2, -0.15) is 0 Å². The van der Waals surface area contributed by atoms with E-state index in [4.69, 9.17) is 21.1 Å². The molecule has 3 atom stereocenters. The Kier molecular flexibility index (Phi) is 5.43. The first-order valence-electron chi connectivity index (χ1n) is 9.75. The lowest BCUT2D eigenvalue weighted by molar-refractivity contribution is -0.151. The van der Waals surface area contributed by atoms with Crippen LogP contribution >= 0.6 is 11.6 Å². The van der Waals surface area contributed by atoms with Crippen LogP contribution in [0.2, 0.25) is 5.02 Å². The molecule has 4 rings (SSSR count). The Hall–Kier alpha value is -2.99. The third kappa shape index (κ3) is 3.41. The number of allylic oxidation sites excluding steroid dienone is 1. The lowest BCUT2D eigenvalue weighted by Crippen LogP contribution is -2.39. The van der Waals surface area contributed by atoms with E-state index in [2.05, 4.69) is 10.6 Å². The summed E-state index contributed by atoms with van der Waals surface area (Å²) in [6.45, 7) is 1.90. The minimum atomic E-state index is -0.838. The first-order valence-corrected chi connectivity index (χ1v) is 10.1. The van der Waals surface area contributed by atoms with E-state index in [0.29, 0.717) is 22.8 Å². The van der Waals surface area contributed by atoms with Gasteiger partial charge in [-0.05, 0) is 42.2 Å². The molecule has 30 heavy (non-hydrogen) atoms. The normalized spacial score (nSPS) is 22.8. The minimum Gasteiger partial charge on any atom is -0.495 e. The topological polar surface area (TPSA) is 76.7 Å². The zero-order chi connectivity index (χ0) is 21.4. The minimum absolute atomic E-state index is 0.179. The molecule has 1 aliphatic carbocycles. The van der Waals surface area contributed by atoms with E-state index in [1.54, 1.807) is 19.2 Å². The lowest BCUT2D eigenvalue weighted by Gasteiger charge is -2.32. The van der Waals surface area contributed by atoms with Crippen LogP contribution in [0, 0.1) is 11.8 Å². The van der Waals surface area contributed by atoms with Crippen LogP contribution in [-0.2, 0) is 14.3 Å². The smallest absolute Gasteiger partial charge is 0.316 e. The molecule has 0 spiro atoms. The fourth-order valence-corrected chi connectivity index (χ4v) is 4.51. The Balaban J connectivity index is 1.87. The summed E-state index contributed by atoms with van der Waals surface area (Å²) in [5.74, 6) is -1.21. The molecule has 2 aromatic carbocycles. The van der Waals surface area contributed by atoms with Crippen molar-refractivity contribution in [3.05, 3.63) is 64.3 Å². The van der Waals surface area contributed by atoms with Crippen LogP contribution in [0.4, 0.5) is 11.4 Å². The van der Waals surface area contributed by atoms with Gasteiger partial charge in [-0.3, -0.25) is 9.59 Å². The molecule has 1 aliphatic heterocycles. The third-order valence-electron chi connectivity index (χ3n) is 5.73. The molecule has 0 aromatic heterocycles. The van der Waals surface area contributed by atoms with E-state index in [-0.39, 0.29) is 11.7 Å². The standard InChI is InChI=1S/C23H23ClN2O4/c1-12-10-17-20(22(27)19(12)23(28)30-3)21(13-8-9-18(29-2)14(24)11-13)26-16-7-5-4-6-15(16)25-17/h4-9,11-12,19,21,25-26H,10H2,1-3H3/t12-,19-,21+/m1/s1. The van der Waals surface area contributed by atoms with Gasteiger partial charge in [-0.25, -0.2) is 0 Å². The number of carbonyl (C=O) groups excluding carboxylic acids is 2. The number of rotatable bonds is 3. The van der Waals surface area contributed by atoms with Crippen molar-refractivity contribution in [2.75, 3.05) is 24.9 Å². The molecule has 0 saturated heterocycles. The van der Waals surface area contributed by atoms with Gasteiger partial charge in [-0.1, -0.05) is 36.7 Å². The molecule has 0 fully saturated rings. The molecule has 2 aliphatic rings. The third-order valence-corrected chi connectivity index (χ3v) is 6.03. The molecular formula is C23H23ClN2O4. The van der Waals surface area contributed by atoms with E-state index in [9.17, 15) is 9.59 Å². The number of para-hydroxylation sites is 2. The van der Waals surface area contributed by atoms with Gasteiger partial charge in [0, 0.05) is 11.3 Å². The Morgan fingerprint density at radius 1 is 1.13 bits per heavy atom. The average Bonchev–Trinajstić information content (AvgIpc) is 2.90. The maximum atomic E-state index is 13.6. The number of esters is 1. The number of carbonyl (C=O) groups is 2. The SMILES string of the molecule is COC(=O)[C@H]1C(=O)C2=C(C[C@H]1C)Nc1ccccc1N[C@H]2c1ccc(OC)c(Cl)c1. The zero-order valence-electron chi connectivity index (χ0n) is 17.0. The Bertz CT molecular complexity index is 1050. The quantitative estimate of drug-likeness (QED) is 0.552. The van der Waals surface area contributed by atoms with Crippen molar-refractivity contribution in [1.82, 2.24) is 0 Å². The molecule has 0 bridgehead atoms. The molecule has 0 radical (unpaired) electrons. The van der Waals surface area contributed by atoms with Gasteiger partial charge in [-0.15, -0.1) is 0 Å². The predicted molar refractivity (Wildman–Crippen MR) is 116 cm³/mol. The summed E-state index contributed by atoms with van der Waals surface area (Å²) in [5.41, 5.74) is 3.88. The van der Waals surface area contributed by atoms with Gasteiger partial charge in [0.05, 0.1) is 36.7 Å². The first-order chi connectivity index (χ1) is 14.4.